The maximum absolute atomic E-state index is 10.3. The fourth-order valence-electron chi connectivity index (χ4n) is 1.27. The fourth-order valence-corrected chi connectivity index (χ4v) is 1.27. The molecule has 1 aromatic heterocycles. The molecular formula is C9H14N4O2. The Morgan fingerprint density at radius 1 is 1.20 bits per heavy atom. The zero-order valence-corrected chi connectivity index (χ0v) is 8.33. The maximum atomic E-state index is 10.3. The molecule has 0 bridgehead atoms. The van der Waals surface area contributed by atoms with Crippen LogP contribution in [0, 0.1) is 0 Å². The van der Waals surface area contributed by atoms with Gasteiger partial charge in [0.15, 0.2) is 0 Å². The number of hydrogen-bond acceptors (Lipinski definition) is 5. The Hall–Kier alpha value is -1.56. The van der Waals surface area contributed by atoms with Crippen LogP contribution in [0.15, 0.2) is 19.0 Å². The van der Waals surface area contributed by atoms with Gasteiger partial charge in [-0.1, -0.05) is 6.42 Å². The van der Waals surface area contributed by atoms with Crippen molar-refractivity contribution >= 4 is 5.97 Å². The van der Waals surface area contributed by atoms with Crippen LogP contribution < -0.4 is 5.32 Å². The average molecular weight is 210 g/mol. The van der Waals surface area contributed by atoms with E-state index in [0.717, 1.165) is 25.8 Å². The summed E-state index contributed by atoms with van der Waals surface area (Å²) < 4.78 is 0. The monoisotopic (exact) mass is 210 g/mol. The maximum Gasteiger partial charge on any atom is 0.320 e. The van der Waals surface area contributed by atoms with E-state index in [1.807, 2.05) is 0 Å². The molecule has 15 heavy (non-hydrogen) atoms. The quantitative estimate of drug-likeness (QED) is 0.682. The van der Waals surface area contributed by atoms with Gasteiger partial charge in [-0.2, -0.15) is 0 Å². The van der Waals surface area contributed by atoms with E-state index >= 15 is 0 Å². The number of carbonyl (C=O) groups is 1. The van der Waals surface area contributed by atoms with E-state index in [0.29, 0.717) is 0 Å². The number of rotatable bonds is 1. The molecule has 0 aromatic carbocycles. The summed E-state index contributed by atoms with van der Waals surface area (Å²) in [5, 5.41) is 11.4. The highest BCUT2D eigenvalue weighted by Crippen LogP contribution is 2.05. The number of carboxylic acid groups (broad SMARTS) is 1. The van der Waals surface area contributed by atoms with Crippen molar-refractivity contribution in [2.75, 3.05) is 6.54 Å². The van der Waals surface area contributed by atoms with Crippen molar-refractivity contribution in [3.8, 4) is 0 Å². The van der Waals surface area contributed by atoms with Crippen molar-refractivity contribution in [3.63, 3.8) is 0 Å². The van der Waals surface area contributed by atoms with Crippen molar-refractivity contribution < 1.29 is 9.90 Å². The molecule has 0 amide bonds. The molecule has 2 rings (SSSR count). The second-order valence-corrected chi connectivity index (χ2v) is 3.13. The second kappa shape index (κ2) is 6.83. The highest BCUT2D eigenvalue weighted by atomic mass is 16.4. The summed E-state index contributed by atoms with van der Waals surface area (Å²) in [7, 11) is 0. The molecule has 1 aromatic rings. The van der Waals surface area contributed by atoms with Crippen LogP contribution in [0.3, 0.4) is 0 Å². The van der Waals surface area contributed by atoms with E-state index in [-0.39, 0.29) is 6.04 Å². The molecule has 6 heteroatoms. The first-order valence-electron chi connectivity index (χ1n) is 4.82. The lowest BCUT2D eigenvalue weighted by Crippen LogP contribution is -2.40. The third kappa shape index (κ3) is 5.02. The van der Waals surface area contributed by atoms with E-state index in [4.69, 9.17) is 5.11 Å². The Bertz CT molecular complexity index is 248. The molecular weight excluding hydrogens is 196 g/mol. The van der Waals surface area contributed by atoms with Crippen LogP contribution in [0.1, 0.15) is 19.3 Å². The van der Waals surface area contributed by atoms with Crippen LogP contribution in [0.4, 0.5) is 0 Å². The smallest absolute Gasteiger partial charge is 0.320 e. The summed E-state index contributed by atoms with van der Waals surface area (Å²) in [6.07, 6.45) is 7.26. The number of nitrogens with zero attached hydrogens (tertiary/aromatic N) is 3. The summed E-state index contributed by atoms with van der Waals surface area (Å²) in [5.74, 6) is -0.713. The summed E-state index contributed by atoms with van der Waals surface area (Å²) >= 11 is 0. The number of aromatic nitrogens is 3. The van der Waals surface area contributed by atoms with Crippen molar-refractivity contribution in [1.82, 2.24) is 20.3 Å². The largest absolute Gasteiger partial charge is 0.480 e. The number of carboxylic acids is 1. The molecule has 1 aliphatic rings. The van der Waals surface area contributed by atoms with E-state index < -0.39 is 5.97 Å². The average Bonchev–Trinajstić information content (AvgIpc) is 2.33. The van der Waals surface area contributed by atoms with E-state index in [1.165, 1.54) is 19.0 Å². The standard InChI is InChI=1S/C6H11NO2.C3H3N3/c8-6(9)5-3-1-2-4-7-5;1-4-2-6-3-5-1/h5,7H,1-4H2,(H,8,9);1-3H. The van der Waals surface area contributed by atoms with Crippen LogP contribution in [-0.4, -0.2) is 38.6 Å². The normalized spacial score (nSPS) is 19.9. The summed E-state index contributed by atoms with van der Waals surface area (Å²) in [6, 6.07) is -0.279. The van der Waals surface area contributed by atoms with Crippen molar-refractivity contribution in [1.29, 1.82) is 0 Å². The molecule has 0 radical (unpaired) electrons. The molecule has 1 unspecified atom stereocenters. The van der Waals surface area contributed by atoms with Crippen LogP contribution in [0.5, 0.6) is 0 Å². The van der Waals surface area contributed by atoms with Gasteiger partial charge in [0, 0.05) is 0 Å². The van der Waals surface area contributed by atoms with Gasteiger partial charge in [-0.25, -0.2) is 15.0 Å². The third-order valence-electron chi connectivity index (χ3n) is 2.01. The lowest BCUT2D eigenvalue weighted by atomic mass is 10.1. The van der Waals surface area contributed by atoms with Gasteiger partial charge in [0.05, 0.1) is 0 Å². The molecule has 0 aliphatic carbocycles. The molecule has 1 saturated heterocycles. The van der Waals surface area contributed by atoms with Crippen LogP contribution in [0.25, 0.3) is 0 Å². The summed E-state index contributed by atoms with van der Waals surface area (Å²) in [5.41, 5.74) is 0. The van der Waals surface area contributed by atoms with Gasteiger partial charge in [0.2, 0.25) is 0 Å². The first kappa shape index (κ1) is 11.5. The molecule has 1 fully saturated rings. The molecule has 0 saturated carbocycles. The Morgan fingerprint density at radius 3 is 2.07 bits per heavy atom. The Morgan fingerprint density at radius 2 is 1.80 bits per heavy atom. The first-order valence-corrected chi connectivity index (χ1v) is 4.82. The van der Waals surface area contributed by atoms with Gasteiger partial charge in [-0.05, 0) is 19.4 Å². The Labute approximate surface area is 87.8 Å². The predicted octanol–water partition coefficient (Wildman–Crippen LogP) is 0.0847. The van der Waals surface area contributed by atoms with Gasteiger partial charge in [-0.15, -0.1) is 0 Å². The van der Waals surface area contributed by atoms with Crippen molar-refractivity contribution in [3.05, 3.63) is 19.0 Å². The summed E-state index contributed by atoms with van der Waals surface area (Å²) in [6.45, 7) is 0.858. The Balaban J connectivity index is 0.000000162. The van der Waals surface area contributed by atoms with Crippen molar-refractivity contribution in [2.24, 2.45) is 0 Å². The van der Waals surface area contributed by atoms with Gasteiger partial charge < -0.3 is 10.4 Å². The van der Waals surface area contributed by atoms with Crippen molar-refractivity contribution in [2.45, 2.75) is 25.3 Å². The number of piperidine rings is 1. The zero-order chi connectivity index (χ0) is 10.9. The van der Waals surface area contributed by atoms with Crippen LogP contribution in [-0.2, 0) is 4.79 Å². The SMILES string of the molecule is O=C(O)C1CCCCN1.c1ncncn1. The molecule has 82 valence electrons. The van der Waals surface area contributed by atoms with Gasteiger partial charge >= 0.3 is 5.97 Å². The number of nitrogens with one attached hydrogen (secondary N) is 1. The topological polar surface area (TPSA) is 88.0 Å². The Kier molecular flexibility index (Phi) is 5.24. The lowest BCUT2D eigenvalue weighted by Gasteiger charge is -2.18. The second-order valence-electron chi connectivity index (χ2n) is 3.13. The number of aliphatic carboxylic acids is 1. The fraction of sp³-hybridized carbons (Fsp3) is 0.556. The molecule has 1 atom stereocenters. The third-order valence-corrected chi connectivity index (χ3v) is 2.01. The number of hydrogen-bond donors (Lipinski definition) is 2. The van der Waals surface area contributed by atoms with Gasteiger partial charge in [0.1, 0.15) is 25.0 Å². The zero-order valence-electron chi connectivity index (χ0n) is 8.33. The van der Waals surface area contributed by atoms with Crippen LogP contribution >= 0.6 is 0 Å². The first-order chi connectivity index (χ1) is 7.30. The van der Waals surface area contributed by atoms with Crippen LogP contribution in [0.2, 0.25) is 0 Å². The minimum Gasteiger partial charge on any atom is -0.480 e. The molecule has 6 nitrogen and oxygen atoms in total. The minimum atomic E-state index is -0.713. The summed E-state index contributed by atoms with van der Waals surface area (Å²) in [4.78, 5) is 21.0. The minimum absolute atomic E-state index is 0.279. The molecule has 2 N–H and O–H groups in total. The van der Waals surface area contributed by atoms with E-state index in [9.17, 15) is 4.79 Å². The lowest BCUT2D eigenvalue weighted by molar-refractivity contribution is -0.140. The van der Waals surface area contributed by atoms with Gasteiger partial charge in [-0.3, -0.25) is 4.79 Å². The molecule has 1 aliphatic heterocycles. The van der Waals surface area contributed by atoms with E-state index in [2.05, 4.69) is 20.3 Å². The highest BCUT2D eigenvalue weighted by molar-refractivity contribution is 5.73. The highest BCUT2D eigenvalue weighted by Gasteiger charge is 2.18. The van der Waals surface area contributed by atoms with Gasteiger partial charge in [0.25, 0.3) is 0 Å². The molecule has 2 heterocycles. The molecule has 0 spiro atoms. The van der Waals surface area contributed by atoms with E-state index in [1.54, 1.807) is 0 Å². The predicted molar refractivity (Wildman–Crippen MR) is 53.1 cm³/mol.